The Morgan fingerprint density at radius 3 is 2.92 bits per heavy atom. The van der Waals surface area contributed by atoms with E-state index < -0.39 is 5.91 Å². The maximum absolute atomic E-state index is 10.8. The van der Waals surface area contributed by atoms with Gasteiger partial charge in [0, 0.05) is 17.7 Å². The zero-order chi connectivity index (χ0) is 8.55. The van der Waals surface area contributed by atoms with Crippen molar-refractivity contribution < 1.29 is 4.79 Å². The molecule has 0 aromatic carbocycles. The van der Waals surface area contributed by atoms with Crippen molar-refractivity contribution in [3.8, 4) is 0 Å². The lowest BCUT2D eigenvalue weighted by Crippen LogP contribution is -2.10. The molecular weight excluding hydrogens is 172 g/mol. The molecular formula is C8H8N2OS. The first kappa shape index (κ1) is 7.49. The molecule has 1 amide bonds. The minimum absolute atomic E-state index is 0.422. The van der Waals surface area contributed by atoms with Gasteiger partial charge in [-0.3, -0.25) is 4.79 Å². The van der Waals surface area contributed by atoms with Crippen molar-refractivity contribution in [3.05, 3.63) is 27.7 Å². The van der Waals surface area contributed by atoms with E-state index in [-0.39, 0.29) is 0 Å². The predicted molar refractivity (Wildman–Crippen MR) is 47.2 cm³/mol. The molecule has 3 nitrogen and oxygen atoms in total. The second kappa shape index (κ2) is 2.71. The number of aromatic nitrogens is 1. The van der Waals surface area contributed by atoms with Gasteiger partial charge < -0.3 is 5.73 Å². The summed E-state index contributed by atoms with van der Waals surface area (Å²) >= 11 is 1.41. The van der Waals surface area contributed by atoms with Crippen LogP contribution < -0.4 is 5.73 Å². The van der Waals surface area contributed by atoms with Crippen LogP contribution in [0.25, 0.3) is 0 Å². The summed E-state index contributed by atoms with van der Waals surface area (Å²) in [5.74, 6) is -0.422. The molecule has 1 aromatic rings. The Balaban J connectivity index is 2.41. The highest BCUT2D eigenvalue weighted by Crippen LogP contribution is 2.22. The van der Waals surface area contributed by atoms with Crippen LogP contribution in [-0.2, 0) is 12.8 Å². The highest BCUT2D eigenvalue weighted by Gasteiger charge is 2.14. The van der Waals surface area contributed by atoms with Crippen molar-refractivity contribution in [1.29, 1.82) is 0 Å². The molecule has 2 N–H and O–H groups in total. The molecule has 0 saturated carbocycles. The van der Waals surface area contributed by atoms with Crippen molar-refractivity contribution in [2.45, 2.75) is 12.8 Å². The number of hydrogen-bond acceptors (Lipinski definition) is 3. The van der Waals surface area contributed by atoms with E-state index in [1.54, 1.807) is 0 Å². The van der Waals surface area contributed by atoms with E-state index in [0.717, 1.165) is 18.5 Å². The van der Waals surface area contributed by atoms with Crippen LogP contribution in [0.5, 0.6) is 0 Å². The Morgan fingerprint density at radius 2 is 2.25 bits per heavy atom. The molecule has 0 atom stereocenters. The zero-order valence-electron chi connectivity index (χ0n) is 6.41. The number of hydrogen-bond donors (Lipinski definition) is 1. The molecule has 4 heteroatoms. The molecule has 1 aromatic heterocycles. The zero-order valence-corrected chi connectivity index (χ0v) is 7.23. The summed E-state index contributed by atoms with van der Waals surface area (Å²) < 4.78 is 0. The third kappa shape index (κ3) is 1.14. The van der Waals surface area contributed by atoms with Gasteiger partial charge in [-0.25, -0.2) is 4.98 Å². The van der Waals surface area contributed by atoms with E-state index in [2.05, 4.69) is 17.1 Å². The highest BCUT2D eigenvalue weighted by atomic mass is 32.1. The van der Waals surface area contributed by atoms with Gasteiger partial charge in [0.15, 0.2) is 5.01 Å². The molecule has 12 heavy (non-hydrogen) atoms. The van der Waals surface area contributed by atoms with Gasteiger partial charge in [0.2, 0.25) is 0 Å². The summed E-state index contributed by atoms with van der Waals surface area (Å²) in [6.07, 6.45) is 5.87. The molecule has 1 aliphatic rings. The van der Waals surface area contributed by atoms with E-state index in [4.69, 9.17) is 5.73 Å². The molecule has 0 saturated heterocycles. The van der Waals surface area contributed by atoms with Crippen molar-refractivity contribution in [2.75, 3.05) is 0 Å². The first-order valence-electron chi connectivity index (χ1n) is 3.71. The number of amides is 1. The Kier molecular flexibility index (Phi) is 1.69. The molecule has 0 spiro atoms. The number of rotatable bonds is 1. The van der Waals surface area contributed by atoms with E-state index >= 15 is 0 Å². The van der Waals surface area contributed by atoms with Crippen LogP contribution in [0.2, 0.25) is 0 Å². The molecule has 1 aliphatic carbocycles. The van der Waals surface area contributed by atoms with Crippen molar-refractivity contribution >= 4 is 17.2 Å². The number of nitrogens with two attached hydrogens (primary N) is 1. The van der Waals surface area contributed by atoms with Crippen molar-refractivity contribution in [1.82, 2.24) is 4.98 Å². The lowest BCUT2D eigenvalue weighted by atomic mass is 10.1. The van der Waals surface area contributed by atoms with Crippen LogP contribution in [0.3, 0.4) is 0 Å². The van der Waals surface area contributed by atoms with Crippen LogP contribution in [0, 0.1) is 0 Å². The van der Waals surface area contributed by atoms with Gasteiger partial charge in [0.05, 0.1) is 5.69 Å². The van der Waals surface area contributed by atoms with E-state index in [1.165, 1.54) is 16.2 Å². The SMILES string of the molecule is NC(=O)c1nc2c(s1)CC=CC2. The number of primary amides is 1. The van der Waals surface area contributed by atoms with Crippen LogP contribution in [0.15, 0.2) is 12.2 Å². The highest BCUT2D eigenvalue weighted by molar-refractivity contribution is 7.13. The largest absolute Gasteiger partial charge is 0.364 e. The summed E-state index contributed by atoms with van der Waals surface area (Å²) in [5, 5.41) is 0.434. The summed E-state index contributed by atoms with van der Waals surface area (Å²) in [7, 11) is 0. The molecule has 62 valence electrons. The van der Waals surface area contributed by atoms with Crippen LogP contribution >= 0.6 is 11.3 Å². The molecule has 2 rings (SSSR count). The van der Waals surface area contributed by atoms with E-state index in [9.17, 15) is 4.79 Å². The average molecular weight is 180 g/mol. The van der Waals surface area contributed by atoms with Crippen molar-refractivity contribution in [3.63, 3.8) is 0 Å². The molecule has 0 bridgehead atoms. The molecule has 0 aliphatic heterocycles. The van der Waals surface area contributed by atoms with Gasteiger partial charge >= 0.3 is 0 Å². The van der Waals surface area contributed by atoms with Gasteiger partial charge in [-0.05, 0) is 0 Å². The lowest BCUT2D eigenvalue weighted by molar-refractivity contribution is 0.1000. The Bertz CT molecular complexity index is 328. The number of fused-ring (bicyclic) bond motifs is 1. The maximum atomic E-state index is 10.8. The molecule has 0 unspecified atom stereocenters. The fraction of sp³-hybridized carbons (Fsp3) is 0.250. The smallest absolute Gasteiger partial charge is 0.277 e. The second-order valence-corrected chi connectivity index (χ2v) is 3.72. The summed E-state index contributed by atoms with van der Waals surface area (Å²) in [6.45, 7) is 0. The number of carbonyl (C=O) groups is 1. The summed E-state index contributed by atoms with van der Waals surface area (Å²) in [6, 6.07) is 0. The monoisotopic (exact) mass is 180 g/mol. The van der Waals surface area contributed by atoms with Crippen molar-refractivity contribution in [2.24, 2.45) is 5.73 Å². The standard InChI is InChI=1S/C8H8N2OS/c9-7(11)8-10-5-3-1-2-4-6(5)12-8/h1-2H,3-4H2,(H2,9,11). The van der Waals surface area contributed by atoms with Gasteiger partial charge in [-0.1, -0.05) is 12.2 Å². The maximum Gasteiger partial charge on any atom is 0.277 e. The average Bonchev–Trinajstić information content (AvgIpc) is 2.46. The van der Waals surface area contributed by atoms with Gasteiger partial charge in [-0.15, -0.1) is 11.3 Å². The van der Waals surface area contributed by atoms with Crippen LogP contribution in [-0.4, -0.2) is 10.9 Å². The first-order valence-corrected chi connectivity index (χ1v) is 4.52. The topological polar surface area (TPSA) is 56.0 Å². The second-order valence-electron chi connectivity index (χ2n) is 2.63. The minimum Gasteiger partial charge on any atom is -0.364 e. The van der Waals surface area contributed by atoms with Gasteiger partial charge in [-0.2, -0.15) is 0 Å². The summed E-state index contributed by atoms with van der Waals surface area (Å²) in [4.78, 5) is 16.1. The Morgan fingerprint density at radius 1 is 1.50 bits per heavy atom. The quantitative estimate of drug-likeness (QED) is 0.653. The van der Waals surface area contributed by atoms with E-state index in [0.29, 0.717) is 5.01 Å². The predicted octanol–water partition coefficient (Wildman–Crippen LogP) is 0.897. The number of allylic oxidation sites excluding steroid dienone is 2. The summed E-state index contributed by atoms with van der Waals surface area (Å²) in [5.41, 5.74) is 6.12. The minimum atomic E-state index is -0.422. The molecule has 1 heterocycles. The van der Waals surface area contributed by atoms with Gasteiger partial charge in [0.25, 0.3) is 5.91 Å². The number of carbonyl (C=O) groups excluding carboxylic acids is 1. The lowest BCUT2D eigenvalue weighted by Gasteiger charge is -1.99. The third-order valence-electron chi connectivity index (χ3n) is 1.77. The Labute approximate surface area is 73.9 Å². The normalized spacial score (nSPS) is 14.3. The number of nitrogens with zero attached hydrogens (tertiary/aromatic N) is 1. The Hall–Kier alpha value is -1.16. The fourth-order valence-corrected chi connectivity index (χ4v) is 2.11. The molecule has 0 radical (unpaired) electrons. The van der Waals surface area contributed by atoms with Gasteiger partial charge in [0.1, 0.15) is 0 Å². The van der Waals surface area contributed by atoms with Crippen LogP contribution in [0.1, 0.15) is 20.4 Å². The van der Waals surface area contributed by atoms with Crippen LogP contribution in [0.4, 0.5) is 0 Å². The fourth-order valence-electron chi connectivity index (χ4n) is 1.19. The number of thiazole rings is 1. The van der Waals surface area contributed by atoms with E-state index in [1.807, 2.05) is 0 Å². The molecule has 0 fully saturated rings. The first-order chi connectivity index (χ1) is 5.77. The third-order valence-corrected chi connectivity index (χ3v) is 2.90.